The number of carbonyl (C=O) groups excluding carboxylic acids is 1. The SMILES string of the molecule is O=C(NCc1ncc[nH]1)Nc1ccc(-c2nc(N3CCOCC3)cc(C3(C[SH](=O)=O)CC3)n2)cc1. The van der Waals surface area contributed by atoms with Crippen LogP contribution in [0.15, 0.2) is 42.7 Å². The van der Waals surface area contributed by atoms with E-state index in [-0.39, 0.29) is 11.8 Å². The van der Waals surface area contributed by atoms with Gasteiger partial charge in [-0.05, 0) is 37.1 Å². The second-order valence-corrected chi connectivity index (χ2v) is 9.71. The molecular formula is C23H27N7O4S. The highest BCUT2D eigenvalue weighted by Gasteiger charge is 2.47. The Hall–Kier alpha value is -3.51. The summed E-state index contributed by atoms with van der Waals surface area (Å²) in [4.78, 5) is 30.9. The Kier molecular flexibility index (Phi) is 6.64. The fourth-order valence-electron chi connectivity index (χ4n) is 4.12. The lowest BCUT2D eigenvalue weighted by molar-refractivity contribution is 0.122. The highest BCUT2D eigenvalue weighted by Crippen LogP contribution is 2.48. The number of thiol groups is 1. The molecule has 2 aliphatic rings. The average molecular weight is 498 g/mol. The number of nitrogens with one attached hydrogen (secondary N) is 3. The molecule has 0 unspecified atom stereocenters. The van der Waals surface area contributed by atoms with Crippen molar-refractivity contribution in [2.45, 2.75) is 24.8 Å². The summed E-state index contributed by atoms with van der Waals surface area (Å²) < 4.78 is 28.5. The van der Waals surface area contributed by atoms with Gasteiger partial charge in [-0.1, -0.05) is 0 Å². The van der Waals surface area contributed by atoms with Gasteiger partial charge >= 0.3 is 6.03 Å². The third kappa shape index (κ3) is 5.60. The molecule has 2 aromatic heterocycles. The Bertz CT molecular complexity index is 1240. The van der Waals surface area contributed by atoms with Crippen LogP contribution in [0.4, 0.5) is 16.3 Å². The first kappa shape index (κ1) is 23.2. The number of aromatic amines is 1. The van der Waals surface area contributed by atoms with E-state index in [1.54, 1.807) is 24.5 Å². The summed E-state index contributed by atoms with van der Waals surface area (Å²) in [5, 5.41) is 5.53. The molecule has 0 bridgehead atoms. The standard InChI is InChI=1S/C23H27N7O4S/c31-22(26-14-19-24-7-8-25-19)27-17-3-1-16(2-4-17)21-28-18(23(5-6-23)15-35(32)33)13-20(29-21)30-9-11-34-12-10-30/h1-4,7-8,13,35H,5-6,9-12,14-15H2,(H,24,25)(H2,26,27,31). The van der Waals surface area contributed by atoms with E-state index < -0.39 is 16.1 Å². The predicted octanol–water partition coefficient (Wildman–Crippen LogP) is 1.67. The van der Waals surface area contributed by atoms with Crippen molar-refractivity contribution in [1.82, 2.24) is 25.3 Å². The van der Waals surface area contributed by atoms with Crippen molar-refractivity contribution in [2.24, 2.45) is 0 Å². The van der Waals surface area contributed by atoms with E-state index in [9.17, 15) is 13.2 Å². The van der Waals surface area contributed by atoms with Gasteiger partial charge in [0.1, 0.15) is 22.3 Å². The second kappa shape index (κ2) is 10.0. The van der Waals surface area contributed by atoms with Gasteiger partial charge in [0.05, 0.1) is 31.2 Å². The number of urea groups is 1. The predicted molar refractivity (Wildman–Crippen MR) is 131 cm³/mol. The summed E-state index contributed by atoms with van der Waals surface area (Å²) >= 11 is 0. The van der Waals surface area contributed by atoms with Crippen LogP contribution in [0.3, 0.4) is 0 Å². The van der Waals surface area contributed by atoms with Crippen molar-refractivity contribution >= 4 is 28.2 Å². The molecule has 1 aliphatic carbocycles. The van der Waals surface area contributed by atoms with Gasteiger partial charge in [0.25, 0.3) is 0 Å². The first-order valence-corrected chi connectivity index (χ1v) is 12.8. The molecule has 1 aromatic carbocycles. The Morgan fingerprint density at radius 1 is 1.14 bits per heavy atom. The molecule has 0 atom stereocenters. The number of imidazole rings is 1. The molecule has 0 spiro atoms. The molecule has 1 aliphatic heterocycles. The van der Waals surface area contributed by atoms with E-state index in [1.165, 1.54) is 0 Å². The minimum atomic E-state index is -2.51. The van der Waals surface area contributed by atoms with Crippen LogP contribution in [0.1, 0.15) is 24.4 Å². The molecule has 184 valence electrons. The van der Waals surface area contributed by atoms with Gasteiger partial charge in [-0.15, -0.1) is 0 Å². The molecule has 5 rings (SSSR count). The zero-order valence-corrected chi connectivity index (χ0v) is 20.0. The van der Waals surface area contributed by atoms with Crippen LogP contribution in [0.5, 0.6) is 0 Å². The van der Waals surface area contributed by atoms with Crippen molar-refractivity contribution in [3.8, 4) is 11.4 Å². The number of hydrogen-bond acceptors (Lipinski definition) is 8. The lowest BCUT2D eigenvalue weighted by Gasteiger charge is -2.29. The average Bonchev–Trinajstić information content (AvgIpc) is 3.45. The number of anilines is 2. The van der Waals surface area contributed by atoms with Gasteiger partial charge in [0.15, 0.2) is 5.82 Å². The number of morpholine rings is 1. The molecule has 3 N–H and O–H groups in total. The highest BCUT2D eigenvalue weighted by atomic mass is 32.2. The quantitative estimate of drug-likeness (QED) is 0.344. The van der Waals surface area contributed by atoms with Gasteiger partial charge in [0, 0.05) is 48.2 Å². The minimum Gasteiger partial charge on any atom is -0.378 e. The summed E-state index contributed by atoms with van der Waals surface area (Å²) in [6.07, 6.45) is 4.91. The number of nitrogens with zero attached hydrogens (tertiary/aromatic N) is 4. The molecule has 1 saturated heterocycles. The van der Waals surface area contributed by atoms with Crippen LogP contribution in [0, 0.1) is 0 Å². The molecule has 0 radical (unpaired) electrons. The Balaban J connectivity index is 1.36. The van der Waals surface area contributed by atoms with Crippen LogP contribution < -0.4 is 15.5 Å². The zero-order valence-electron chi connectivity index (χ0n) is 19.1. The molecule has 3 heterocycles. The number of H-pyrrole nitrogens is 1. The maximum absolute atomic E-state index is 12.2. The first-order valence-electron chi connectivity index (χ1n) is 11.5. The van der Waals surface area contributed by atoms with Gasteiger partial charge in [-0.25, -0.2) is 28.2 Å². The van der Waals surface area contributed by atoms with E-state index in [0.29, 0.717) is 50.2 Å². The maximum Gasteiger partial charge on any atom is 0.319 e. The van der Waals surface area contributed by atoms with Crippen molar-refractivity contribution in [3.63, 3.8) is 0 Å². The van der Waals surface area contributed by atoms with Crippen molar-refractivity contribution in [3.05, 3.63) is 54.2 Å². The molecule has 1 saturated carbocycles. The number of benzene rings is 1. The Labute approximate surface area is 204 Å². The zero-order chi connectivity index (χ0) is 24.3. The fraction of sp³-hybridized carbons (Fsp3) is 0.391. The van der Waals surface area contributed by atoms with Gasteiger partial charge < -0.3 is 25.3 Å². The van der Waals surface area contributed by atoms with Crippen LogP contribution in [0.2, 0.25) is 0 Å². The number of aromatic nitrogens is 4. The van der Waals surface area contributed by atoms with Crippen LogP contribution in [0.25, 0.3) is 11.4 Å². The maximum atomic E-state index is 12.2. The molecule has 3 aromatic rings. The monoisotopic (exact) mass is 497 g/mol. The van der Waals surface area contributed by atoms with Crippen molar-refractivity contribution in [2.75, 3.05) is 42.3 Å². The fourth-order valence-corrected chi connectivity index (χ4v) is 5.09. The molecule has 11 nitrogen and oxygen atoms in total. The van der Waals surface area contributed by atoms with E-state index >= 15 is 0 Å². The number of ether oxygens (including phenoxy) is 1. The second-order valence-electron chi connectivity index (χ2n) is 8.73. The van der Waals surface area contributed by atoms with E-state index in [0.717, 1.165) is 29.9 Å². The molecule has 2 amide bonds. The summed E-state index contributed by atoms with van der Waals surface area (Å²) in [5.41, 5.74) is 1.74. The summed E-state index contributed by atoms with van der Waals surface area (Å²) in [6.45, 7) is 2.96. The van der Waals surface area contributed by atoms with Gasteiger partial charge in [0.2, 0.25) is 0 Å². The first-order chi connectivity index (χ1) is 17.0. The van der Waals surface area contributed by atoms with Crippen molar-refractivity contribution < 1.29 is 17.9 Å². The smallest absolute Gasteiger partial charge is 0.319 e. The lowest BCUT2D eigenvalue weighted by Crippen LogP contribution is -2.37. The Morgan fingerprint density at radius 2 is 1.91 bits per heavy atom. The Morgan fingerprint density at radius 3 is 2.57 bits per heavy atom. The molecule has 12 heteroatoms. The van der Waals surface area contributed by atoms with Gasteiger partial charge in [-0.2, -0.15) is 0 Å². The van der Waals surface area contributed by atoms with Crippen LogP contribution >= 0.6 is 0 Å². The third-order valence-corrected chi connectivity index (χ3v) is 7.11. The number of hydrogen-bond donors (Lipinski definition) is 4. The number of rotatable bonds is 8. The normalized spacial score (nSPS) is 16.8. The van der Waals surface area contributed by atoms with E-state index in [2.05, 4.69) is 25.5 Å². The van der Waals surface area contributed by atoms with Gasteiger partial charge in [-0.3, -0.25) is 0 Å². The molecular weight excluding hydrogens is 470 g/mol. The largest absolute Gasteiger partial charge is 0.378 e. The molecule has 35 heavy (non-hydrogen) atoms. The summed E-state index contributed by atoms with van der Waals surface area (Å²) in [5.74, 6) is 2.07. The van der Waals surface area contributed by atoms with Crippen molar-refractivity contribution in [1.29, 1.82) is 0 Å². The lowest BCUT2D eigenvalue weighted by atomic mass is 10.0. The number of amides is 2. The topological polar surface area (TPSA) is 142 Å². The summed E-state index contributed by atoms with van der Waals surface area (Å²) in [6, 6.07) is 8.85. The highest BCUT2D eigenvalue weighted by molar-refractivity contribution is 7.72. The molecule has 2 fully saturated rings. The van der Waals surface area contributed by atoms with E-state index in [1.807, 2.05) is 18.2 Å². The summed E-state index contributed by atoms with van der Waals surface area (Å²) in [7, 11) is -2.51. The van der Waals surface area contributed by atoms with Crippen LogP contribution in [-0.2, 0) is 27.4 Å². The van der Waals surface area contributed by atoms with Crippen LogP contribution in [-0.4, -0.2) is 66.4 Å². The number of carbonyl (C=O) groups is 1. The minimum absolute atomic E-state index is 0.0946. The third-order valence-electron chi connectivity index (χ3n) is 6.25. The van der Waals surface area contributed by atoms with E-state index in [4.69, 9.17) is 14.7 Å².